The molecule has 0 saturated heterocycles. The third-order valence-corrected chi connectivity index (χ3v) is 5.02. The second-order valence-electron chi connectivity index (χ2n) is 6.68. The average Bonchev–Trinajstić information content (AvgIpc) is 3.15. The van der Waals surface area contributed by atoms with Crippen molar-refractivity contribution in [2.45, 2.75) is 11.6 Å². The molecule has 1 aliphatic rings. The number of nitriles is 1. The second-order valence-corrected chi connectivity index (χ2v) is 6.68. The number of amidine groups is 1. The highest BCUT2D eigenvalue weighted by Gasteiger charge is 2.47. The lowest BCUT2D eigenvalue weighted by molar-refractivity contribution is 0.225. The minimum absolute atomic E-state index is 0.316. The van der Waals surface area contributed by atoms with E-state index in [1.165, 1.54) is 24.4 Å². The van der Waals surface area contributed by atoms with Gasteiger partial charge in [0.25, 0.3) is 0 Å². The number of nitrogens with zero attached hydrogens (tertiary/aromatic N) is 3. The van der Waals surface area contributed by atoms with Gasteiger partial charge in [-0.3, -0.25) is 4.99 Å². The number of aliphatic imine (C=N–C) groups is 1. The monoisotopic (exact) mass is 390 g/mol. The van der Waals surface area contributed by atoms with Crippen LogP contribution < -0.4 is 5.32 Å². The first kappa shape index (κ1) is 18.7. The molecule has 5 nitrogen and oxygen atoms in total. The number of benzene rings is 2. The Morgan fingerprint density at radius 1 is 1.07 bits per heavy atom. The molecule has 0 spiro atoms. The molecule has 2 heterocycles. The SMILES string of the molecule is N#Cc1cccc(C2=N[C@@H](CO)[C@](c3ccc(F)cc3)(c3ccc(F)nc3)N2)c1. The van der Waals surface area contributed by atoms with Gasteiger partial charge in [-0.2, -0.15) is 9.65 Å². The van der Waals surface area contributed by atoms with E-state index in [-0.39, 0.29) is 6.61 Å². The fraction of sp³-hybridized carbons (Fsp3) is 0.136. The Balaban J connectivity index is 1.87. The first-order valence-corrected chi connectivity index (χ1v) is 8.92. The van der Waals surface area contributed by atoms with Gasteiger partial charge in [0.2, 0.25) is 5.95 Å². The quantitative estimate of drug-likeness (QED) is 0.672. The van der Waals surface area contributed by atoms with E-state index in [0.29, 0.717) is 28.1 Å². The molecular weight excluding hydrogens is 374 g/mol. The maximum absolute atomic E-state index is 13.6. The number of halogens is 2. The van der Waals surface area contributed by atoms with Gasteiger partial charge >= 0.3 is 0 Å². The van der Waals surface area contributed by atoms with E-state index in [2.05, 4.69) is 21.4 Å². The molecule has 1 aliphatic heterocycles. The maximum Gasteiger partial charge on any atom is 0.212 e. The molecule has 144 valence electrons. The van der Waals surface area contributed by atoms with Gasteiger partial charge in [0.05, 0.1) is 18.2 Å². The molecule has 4 rings (SSSR count). The zero-order valence-electron chi connectivity index (χ0n) is 15.2. The van der Waals surface area contributed by atoms with Crippen LogP contribution in [0.25, 0.3) is 0 Å². The predicted molar refractivity (Wildman–Crippen MR) is 103 cm³/mol. The number of nitrogens with one attached hydrogen (secondary N) is 1. The number of aromatic nitrogens is 1. The summed E-state index contributed by atoms with van der Waals surface area (Å²) in [4.78, 5) is 8.38. The molecule has 0 fully saturated rings. The van der Waals surface area contributed by atoms with Crippen molar-refractivity contribution < 1.29 is 13.9 Å². The van der Waals surface area contributed by atoms with E-state index in [0.717, 1.165) is 0 Å². The molecule has 2 aromatic carbocycles. The Bertz CT molecular complexity index is 1060. The summed E-state index contributed by atoms with van der Waals surface area (Å²) in [6, 6.07) is 16.9. The number of hydrogen-bond acceptors (Lipinski definition) is 5. The van der Waals surface area contributed by atoms with Crippen LogP contribution in [0, 0.1) is 23.1 Å². The minimum atomic E-state index is -1.08. The van der Waals surface area contributed by atoms with Gasteiger partial charge < -0.3 is 10.4 Å². The standard InChI is InChI=1S/C22H16F2N4O/c23-18-7-4-16(5-8-18)22(17-6-9-20(24)26-12-17)19(13-29)27-21(28-22)15-3-1-2-14(10-15)11-25/h1-10,12,19,29H,13H2,(H,27,28)/t19-,22-/m0/s1. The smallest absolute Gasteiger partial charge is 0.212 e. The van der Waals surface area contributed by atoms with Crippen LogP contribution in [0.4, 0.5) is 8.78 Å². The summed E-state index contributed by atoms with van der Waals surface area (Å²) in [5.41, 5.74) is 1.26. The van der Waals surface area contributed by atoms with Crippen LogP contribution in [0.15, 0.2) is 71.9 Å². The summed E-state index contributed by atoms with van der Waals surface area (Å²) in [6.45, 7) is -0.316. The van der Waals surface area contributed by atoms with E-state index < -0.39 is 23.3 Å². The van der Waals surface area contributed by atoms with Crippen molar-refractivity contribution in [1.82, 2.24) is 10.3 Å². The lowest BCUT2D eigenvalue weighted by Crippen LogP contribution is -2.50. The highest BCUT2D eigenvalue weighted by Crippen LogP contribution is 2.38. The lowest BCUT2D eigenvalue weighted by Gasteiger charge is -2.35. The zero-order valence-corrected chi connectivity index (χ0v) is 15.2. The van der Waals surface area contributed by atoms with Crippen LogP contribution in [0.2, 0.25) is 0 Å². The van der Waals surface area contributed by atoms with Gasteiger partial charge in [0.1, 0.15) is 23.2 Å². The van der Waals surface area contributed by atoms with Gasteiger partial charge in [-0.15, -0.1) is 0 Å². The number of aliphatic hydroxyl groups is 1. The largest absolute Gasteiger partial charge is 0.394 e. The highest BCUT2D eigenvalue weighted by atomic mass is 19.1. The summed E-state index contributed by atoms with van der Waals surface area (Å²) < 4.78 is 27.0. The van der Waals surface area contributed by atoms with E-state index in [1.54, 1.807) is 42.5 Å². The number of hydrogen-bond donors (Lipinski definition) is 2. The summed E-state index contributed by atoms with van der Waals surface area (Å²) >= 11 is 0. The van der Waals surface area contributed by atoms with Crippen LogP contribution in [0.5, 0.6) is 0 Å². The number of aliphatic hydroxyl groups excluding tert-OH is 1. The van der Waals surface area contributed by atoms with E-state index >= 15 is 0 Å². The van der Waals surface area contributed by atoms with Crippen molar-refractivity contribution in [3.8, 4) is 6.07 Å². The van der Waals surface area contributed by atoms with Crippen LogP contribution in [-0.4, -0.2) is 28.6 Å². The molecule has 0 saturated carbocycles. The first-order chi connectivity index (χ1) is 14.1. The lowest BCUT2D eigenvalue weighted by atomic mass is 9.78. The Morgan fingerprint density at radius 2 is 1.83 bits per heavy atom. The van der Waals surface area contributed by atoms with Crippen molar-refractivity contribution in [1.29, 1.82) is 5.26 Å². The number of pyridine rings is 1. The molecule has 0 bridgehead atoms. The predicted octanol–water partition coefficient (Wildman–Crippen LogP) is 2.89. The van der Waals surface area contributed by atoms with Crippen molar-refractivity contribution in [2.75, 3.05) is 6.61 Å². The van der Waals surface area contributed by atoms with Gasteiger partial charge in [-0.05, 0) is 35.9 Å². The molecule has 0 unspecified atom stereocenters. The first-order valence-electron chi connectivity index (χ1n) is 8.92. The molecule has 0 amide bonds. The van der Waals surface area contributed by atoms with Gasteiger partial charge in [0, 0.05) is 17.3 Å². The van der Waals surface area contributed by atoms with Crippen molar-refractivity contribution in [2.24, 2.45) is 4.99 Å². The summed E-state index contributed by atoms with van der Waals surface area (Å²) in [7, 11) is 0. The Morgan fingerprint density at radius 3 is 2.48 bits per heavy atom. The second kappa shape index (κ2) is 7.41. The highest BCUT2D eigenvalue weighted by molar-refractivity contribution is 6.01. The molecule has 29 heavy (non-hydrogen) atoms. The molecule has 0 aliphatic carbocycles. The Labute approximate surface area is 166 Å². The Kier molecular flexibility index (Phi) is 4.79. The van der Waals surface area contributed by atoms with E-state index in [9.17, 15) is 19.1 Å². The molecule has 1 aromatic heterocycles. The fourth-order valence-electron chi connectivity index (χ4n) is 3.63. The fourth-order valence-corrected chi connectivity index (χ4v) is 3.63. The summed E-state index contributed by atoms with van der Waals surface area (Å²) in [6.07, 6.45) is 1.37. The Hall–Kier alpha value is -3.63. The number of rotatable bonds is 4. The summed E-state index contributed by atoms with van der Waals surface area (Å²) in [5.74, 6) is -0.568. The van der Waals surface area contributed by atoms with Crippen LogP contribution in [0.3, 0.4) is 0 Å². The van der Waals surface area contributed by atoms with Crippen molar-refractivity contribution in [3.05, 3.63) is 101 Å². The molecule has 2 atom stereocenters. The van der Waals surface area contributed by atoms with Gasteiger partial charge in [-0.25, -0.2) is 9.37 Å². The van der Waals surface area contributed by atoms with Crippen LogP contribution in [0.1, 0.15) is 22.3 Å². The maximum atomic E-state index is 13.6. The van der Waals surface area contributed by atoms with Gasteiger partial charge in [0.15, 0.2) is 0 Å². The summed E-state index contributed by atoms with van der Waals surface area (Å²) in [5, 5.41) is 22.7. The molecule has 7 heteroatoms. The zero-order chi connectivity index (χ0) is 20.4. The van der Waals surface area contributed by atoms with Crippen LogP contribution >= 0.6 is 0 Å². The topological polar surface area (TPSA) is 81.3 Å². The van der Waals surface area contributed by atoms with Crippen molar-refractivity contribution >= 4 is 5.84 Å². The third-order valence-electron chi connectivity index (χ3n) is 5.02. The normalized spacial score (nSPS) is 20.6. The molecule has 0 radical (unpaired) electrons. The molecular formula is C22H16F2N4O. The van der Waals surface area contributed by atoms with Crippen molar-refractivity contribution in [3.63, 3.8) is 0 Å². The third kappa shape index (κ3) is 3.24. The minimum Gasteiger partial charge on any atom is -0.394 e. The molecule has 2 N–H and O–H groups in total. The van der Waals surface area contributed by atoms with Gasteiger partial charge in [-0.1, -0.05) is 30.3 Å². The van der Waals surface area contributed by atoms with Crippen LogP contribution in [-0.2, 0) is 5.54 Å². The molecule has 3 aromatic rings. The van der Waals surface area contributed by atoms with E-state index in [4.69, 9.17) is 0 Å². The van der Waals surface area contributed by atoms with E-state index in [1.807, 2.05) is 0 Å². The average molecular weight is 390 g/mol.